The first-order valence-electron chi connectivity index (χ1n) is 6.26. The summed E-state index contributed by atoms with van der Waals surface area (Å²) in [6, 6.07) is 1.40. The maximum absolute atomic E-state index is 11.6. The largest absolute Gasteiger partial charge is 0.299 e. The van der Waals surface area contributed by atoms with Crippen LogP contribution in [0.4, 0.5) is 0 Å². The normalized spacial score (nSPS) is 14.1. The van der Waals surface area contributed by atoms with Gasteiger partial charge in [-0.05, 0) is 18.4 Å². The van der Waals surface area contributed by atoms with Gasteiger partial charge in [-0.15, -0.1) is 0 Å². The van der Waals surface area contributed by atoms with E-state index in [1.54, 1.807) is 6.08 Å². The van der Waals surface area contributed by atoms with E-state index in [9.17, 15) is 14.9 Å². The lowest BCUT2D eigenvalue weighted by molar-refractivity contribution is -0.428. The van der Waals surface area contributed by atoms with Crippen LogP contribution in [0, 0.1) is 22.0 Å². The van der Waals surface area contributed by atoms with Gasteiger partial charge in [-0.2, -0.15) is 0 Å². The number of hydrogen-bond donors (Lipinski definition) is 1. The number of allylic oxidation sites excluding steroid dienone is 4. The number of aromatic nitrogens is 3. The van der Waals surface area contributed by atoms with E-state index in [1.165, 1.54) is 29.1 Å². The van der Waals surface area contributed by atoms with Crippen molar-refractivity contribution < 1.29 is 4.92 Å². The highest BCUT2D eigenvalue weighted by molar-refractivity contribution is 5.46. The highest BCUT2D eigenvalue weighted by atomic mass is 16.6. The van der Waals surface area contributed by atoms with E-state index in [0.717, 1.165) is 5.57 Å². The predicted molar refractivity (Wildman–Crippen MR) is 75.1 cm³/mol. The van der Waals surface area contributed by atoms with Crippen molar-refractivity contribution in [1.29, 1.82) is 0 Å². The topological polar surface area (TPSA) is 93.3 Å². The third-order valence-corrected chi connectivity index (χ3v) is 3.13. The van der Waals surface area contributed by atoms with Gasteiger partial charge < -0.3 is 0 Å². The molecule has 1 N–H and O–H groups in total. The fourth-order valence-corrected chi connectivity index (χ4v) is 2.03. The average molecular weight is 282 g/mol. The summed E-state index contributed by atoms with van der Waals surface area (Å²) in [5, 5.41) is 13.5. The molecule has 0 bridgehead atoms. The third-order valence-electron chi connectivity index (χ3n) is 3.13. The van der Waals surface area contributed by atoms with E-state index >= 15 is 0 Å². The molecule has 0 aliphatic heterocycles. The van der Waals surface area contributed by atoms with Crippen molar-refractivity contribution in [2.75, 3.05) is 0 Å². The lowest BCUT2D eigenvalue weighted by Gasteiger charge is -2.03. The molecule has 7 heteroatoms. The van der Waals surface area contributed by atoms with Gasteiger partial charge in [0.05, 0.1) is 11.1 Å². The van der Waals surface area contributed by atoms with Gasteiger partial charge in [0.1, 0.15) is 5.69 Å². The second kappa shape index (κ2) is 5.09. The number of fused-ring (bicyclic) bond motifs is 1. The van der Waals surface area contributed by atoms with Gasteiger partial charge in [0.25, 0.3) is 0 Å². The quantitative estimate of drug-likeness (QED) is 0.484. The molecule has 0 aromatic carbocycles. The van der Waals surface area contributed by atoms with Crippen LogP contribution in [-0.4, -0.2) is 19.5 Å². The van der Waals surface area contributed by atoms with Gasteiger partial charge in [-0.25, -0.2) is 9.50 Å². The Labute approximate surface area is 118 Å². The van der Waals surface area contributed by atoms with Crippen molar-refractivity contribution in [3.8, 4) is 11.8 Å². The maximum atomic E-state index is 11.6. The van der Waals surface area contributed by atoms with Crippen LogP contribution in [0.2, 0.25) is 0 Å². The Balaban J connectivity index is 1.93. The molecule has 0 spiro atoms. The van der Waals surface area contributed by atoms with Crippen molar-refractivity contribution in [3.63, 3.8) is 0 Å². The highest BCUT2D eigenvalue weighted by Gasteiger charge is 2.13. The third kappa shape index (κ3) is 2.47. The van der Waals surface area contributed by atoms with Crippen LogP contribution >= 0.6 is 0 Å². The highest BCUT2D eigenvalue weighted by Crippen LogP contribution is 2.17. The summed E-state index contributed by atoms with van der Waals surface area (Å²) in [5.74, 6) is 5.88. The molecule has 0 radical (unpaired) electrons. The summed E-state index contributed by atoms with van der Waals surface area (Å²) in [5.41, 5.74) is 1.67. The zero-order chi connectivity index (χ0) is 14.8. The Bertz CT molecular complexity index is 905. The lowest BCUT2D eigenvalue weighted by Crippen LogP contribution is -2.06. The number of nitrogens with zero attached hydrogens (tertiary/aromatic N) is 3. The van der Waals surface area contributed by atoms with Gasteiger partial charge in [0.15, 0.2) is 0 Å². The summed E-state index contributed by atoms with van der Waals surface area (Å²) in [6.45, 7) is 0. The summed E-state index contributed by atoms with van der Waals surface area (Å²) in [4.78, 5) is 25.8. The Morgan fingerprint density at radius 1 is 1.33 bits per heavy atom. The Hall–Kier alpha value is -3.14. The monoisotopic (exact) mass is 282 g/mol. The zero-order valence-electron chi connectivity index (χ0n) is 10.9. The van der Waals surface area contributed by atoms with E-state index in [0.29, 0.717) is 18.5 Å². The standard InChI is InChI=1S/C14H10N4O3/c19-13-7-8-16-17-12(9-15-14(13)17)6-3-10-1-4-11(5-2-10)18(20)21/h1,4,7-9,16H,2,5H2. The van der Waals surface area contributed by atoms with Crippen LogP contribution < -0.4 is 5.43 Å². The minimum absolute atomic E-state index is 0.183. The minimum Gasteiger partial charge on any atom is -0.299 e. The van der Waals surface area contributed by atoms with Crippen LogP contribution in [-0.2, 0) is 0 Å². The van der Waals surface area contributed by atoms with Crippen molar-refractivity contribution in [3.05, 3.63) is 67.9 Å². The van der Waals surface area contributed by atoms with Crippen LogP contribution in [0.1, 0.15) is 18.5 Å². The number of nitrogens with one attached hydrogen (secondary N) is 1. The van der Waals surface area contributed by atoms with E-state index in [-0.39, 0.29) is 21.7 Å². The molecule has 104 valence electrons. The second-order valence-corrected chi connectivity index (χ2v) is 4.49. The van der Waals surface area contributed by atoms with E-state index in [4.69, 9.17) is 0 Å². The van der Waals surface area contributed by atoms with Crippen molar-refractivity contribution in [2.45, 2.75) is 12.8 Å². The Kier molecular flexibility index (Phi) is 3.12. The van der Waals surface area contributed by atoms with E-state index < -0.39 is 0 Å². The zero-order valence-corrected chi connectivity index (χ0v) is 10.9. The van der Waals surface area contributed by atoms with E-state index in [1.807, 2.05) is 0 Å². The number of imidazole rings is 1. The number of hydrogen-bond acceptors (Lipinski definition) is 4. The molecule has 0 saturated heterocycles. The summed E-state index contributed by atoms with van der Waals surface area (Å²) in [6.07, 6.45) is 7.07. The van der Waals surface area contributed by atoms with Crippen LogP contribution in [0.15, 0.2) is 46.7 Å². The maximum Gasteiger partial charge on any atom is 0.246 e. The summed E-state index contributed by atoms with van der Waals surface area (Å²) in [7, 11) is 0. The van der Waals surface area contributed by atoms with Gasteiger partial charge in [0.2, 0.25) is 16.8 Å². The first kappa shape index (κ1) is 12.9. The van der Waals surface area contributed by atoms with E-state index in [2.05, 4.69) is 21.9 Å². The molecule has 0 amide bonds. The first-order valence-corrected chi connectivity index (χ1v) is 6.26. The molecule has 1 aliphatic carbocycles. The van der Waals surface area contributed by atoms with Crippen molar-refractivity contribution in [1.82, 2.24) is 14.6 Å². The number of H-pyrrole nitrogens is 1. The molecule has 0 atom stereocenters. The molecule has 0 saturated carbocycles. The van der Waals surface area contributed by atoms with Gasteiger partial charge in [-0.3, -0.25) is 20.0 Å². The van der Waals surface area contributed by atoms with Gasteiger partial charge >= 0.3 is 0 Å². The fourth-order valence-electron chi connectivity index (χ4n) is 2.03. The second-order valence-electron chi connectivity index (χ2n) is 4.49. The predicted octanol–water partition coefficient (Wildman–Crippen LogP) is 1.25. The SMILES string of the molecule is O=c1cc[nH]n2c(C#CC3=CC=C([N+](=O)[O-])CC3)cnc12. The number of aromatic amines is 1. The molecule has 0 unspecified atom stereocenters. The molecule has 2 heterocycles. The number of nitro groups is 1. The van der Waals surface area contributed by atoms with Gasteiger partial charge in [-0.1, -0.05) is 5.92 Å². The van der Waals surface area contributed by atoms with Crippen molar-refractivity contribution in [2.24, 2.45) is 0 Å². The summed E-state index contributed by atoms with van der Waals surface area (Å²) >= 11 is 0. The summed E-state index contributed by atoms with van der Waals surface area (Å²) < 4.78 is 1.51. The molecule has 0 fully saturated rings. The Morgan fingerprint density at radius 2 is 2.19 bits per heavy atom. The lowest BCUT2D eigenvalue weighted by atomic mass is 10.0. The minimum atomic E-state index is -0.379. The molecule has 1 aliphatic rings. The van der Waals surface area contributed by atoms with Crippen LogP contribution in [0.3, 0.4) is 0 Å². The smallest absolute Gasteiger partial charge is 0.246 e. The molecule has 2 aromatic heterocycles. The first-order chi connectivity index (χ1) is 10.1. The molecule has 21 heavy (non-hydrogen) atoms. The van der Waals surface area contributed by atoms with Crippen LogP contribution in [0.25, 0.3) is 5.65 Å². The molecule has 3 rings (SSSR count). The van der Waals surface area contributed by atoms with Crippen LogP contribution in [0.5, 0.6) is 0 Å². The Morgan fingerprint density at radius 3 is 2.90 bits per heavy atom. The molecule has 7 nitrogen and oxygen atoms in total. The van der Waals surface area contributed by atoms with Gasteiger partial charge in [0, 0.05) is 30.3 Å². The molecule has 2 aromatic rings. The van der Waals surface area contributed by atoms with Crippen molar-refractivity contribution >= 4 is 5.65 Å². The average Bonchev–Trinajstić information content (AvgIpc) is 2.90. The fraction of sp³-hybridized carbons (Fsp3) is 0.143. The number of rotatable bonds is 1. The molecular formula is C14H10N4O3. The molecular weight excluding hydrogens is 272 g/mol.